The van der Waals surface area contributed by atoms with Gasteiger partial charge in [-0.15, -0.1) is 0 Å². The first-order valence-electron chi connectivity index (χ1n) is 2.93. The monoisotopic (exact) mass is 132 g/mol. The van der Waals surface area contributed by atoms with Crippen LogP contribution in [0.2, 0.25) is 0 Å². The van der Waals surface area contributed by atoms with Crippen LogP contribution in [-0.4, -0.2) is 18.0 Å². The van der Waals surface area contributed by atoms with E-state index in [1.165, 1.54) is 0 Å². The maximum atomic E-state index is 5.70. The Balaban J connectivity index is 2.33. The molecule has 0 radical (unpaired) electrons. The van der Waals surface area contributed by atoms with Gasteiger partial charge in [0.15, 0.2) is 0 Å². The quantitative estimate of drug-likeness (QED) is 0.319. The second kappa shape index (κ2) is 2.25. The van der Waals surface area contributed by atoms with Crippen LogP contribution in [-0.2, 0) is 0 Å². The average Bonchev–Trinajstić information content (AvgIpc) is 1.65. The van der Waals surface area contributed by atoms with Crippen molar-refractivity contribution < 1.29 is 0 Å². The molecule has 0 aromatic carbocycles. The fraction of sp³-hybridized carbons (Fsp3) is 1.00. The van der Waals surface area contributed by atoms with Crippen molar-refractivity contribution in [3.63, 3.8) is 0 Å². The second-order valence-electron chi connectivity index (χ2n) is 2.35. The number of hydrogen-bond donors (Lipinski definition) is 3. The number of rotatable bonds is 0. The normalized spacial score (nSPS) is 27.8. The van der Waals surface area contributed by atoms with Crippen LogP contribution >= 0.6 is 12.6 Å². The van der Waals surface area contributed by atoms with E-state index < -0.39 is 0 Å². The molecule has 0 bridgehead atoms. The molecule has 0 aliphatic carbocycles. The minimum atomic E-state index is -0.189. The van der Waals surface area contributed by atoms with Crippen molar-refractivity contribution in [1.82, 2.24) is 5.32 Å². The van der Waals surface area contributed by atoms with Crippen LogP contribution in [0.1, 0.15) is 12.8 Å². The molecule has 1 fully saturated rings. The van der Waals surface area contributed by atoms with Gasteiger partial charge in [0.25, 0.3) is 0 Å². The van der Waals surface area contributed by atoms with Crippen molar-refractivity contribution in [3.05, 3.63) is 0 Å². The van der Waals surface area contributed by atoms with Gasteiger partial charge in [0.05, 0.1) is 4.87 Å². The van der Waals surface area contributed by atoms with Crippen LogP contribution in [0.3, 0.4) is 0 Å². The lowest BCUT2D eigenvalue weighted by molar-refractivity contribution is 0.426. The Bertz CT molecular complexity index is 74.5. The smallest absolute Gasteiger partial charge is 0.0615 e. The number of nitrogens with two attached hydrogens (primary N) is 1. The molecule has 1 aliphatic heterocycles. The average molecular weight is 132 g/mol. The third kappa shape index (κ3) is 1.65. The molecule has 3 heteroatoms. The van der Waals surface area contributed by atoms with Gasteiger partial charge in [-0.2, -0.15) is 12.6 Å². The molecule has 48 valence electrons. The lowest BCUT2D eigenvalue weighted by Gasteiger charge is -2.28. The Morgan fingerprint density at radius 2 is 1.88 bits per heavy atom. The highest BCUT2D eigenvalue weighted by Gasteiger charge is 2.21. The van der Waals surface area contributed by atoms with E-state index in [1.807, 2.05) is 0 Å². The summed E-state index contributed by atoms with van der Waals surface area (Å²) in [6.45, 7) is 2.03. The van der Waals surface area contributed by atoms with E-state index in [0.717, 1.165) is 25.9 Å². The molecule has 0 aromatic rings. The summed E-state index contributed by atoms with van der Waals surface area (Å²) in [6, 6.07) is 0. The van der Waals surface area contributed by atoms with Crippen LogP contribution < -0.4 is 11.1 Å². The fourth-order valence-electron chi connectivity index (χ4n) is 0.860. The molecule has 1 aliphatic rings. The van der Waals surface area contributed by atoms with E-state index in [0.29, 0.717) is 0 Å². The highest BCUT2D eigenvalue weighted by Crippen LogP contribution is 2.17. The van der Waals surface area contributed by atoms with Crippen molar-refractivity contribution in [3.8, 4) is 0 Å². The summed E-state index contributed by atoms with van der Waals surface area (Å²) >= 11 is 4.26. The lowest BCUT2D eigenvalue weighted by Crippen LogP contribution is -2.44. The second-order valence-corrected chi connectivity index (χ2v) is 3.24. The van der Waals surface area contributed by atoms with Crippen molar-refractivity contribution in [1.29, 1.82) is 0 Å². The van der Waals surface area contributed by atoms with Crippen LogP contribution in [0.15, 0.2) is 0 Å². The Labute approximate surface area is 55.2 Å². The number of hydrogen-bond acceptors (Lipinski definition) is 3. The zero-order valence-corrected chi connectivity index (χ0v) is 5.75. The minimum absolute atomic E-state index is 0.189. The first-order chi connectivity index (χ1) is 3.71. The molecule has 0 saturated carbocycles. The van der Waals surface area contributed by atoms with Crippen molar-refractivity contribution >= 4 is 12.6 Å². The summed E-state index contributed by atoms with van der Waals surface area (Å²) in [5.41, 5.74) is 5.70. The molecule has 1 heterocycles. The lowest BCUT2D eigenvalue weighted by atomic mass is 10.1. The van der Waals surface area contributed by atoms with Gasteiger partial charge < -0.3 is 11.1 Å². The van der Waals surface area contributed by atoms with Crippen LogP contribution in [0.4, 0.5) is 0 Å². The fourth-order valence-corrected chi connectivity index (χ4v) is 1.08. The molecule has 3 N–H and O–H groups in total. The van der Waals surface area contributed by atoms with Gasteiger partial charge >= 0.3 is 0 Å². The van der Waals surface area contributed by atoms with Gasteiger partial charge in [0.1, 0.15) is 0 Å². The van der Waals surface area contributed by atoms with E-state index >= 15 is 0 Å². The highest BCUT2D eigenvalue weighted by atomic mass is 32.1. The van der Waals surface area contributed by atoms with E-state index in [9.17, 15) is 0 Å². The number of thiol groups is 1. The van der Waals surface area contributed by atoms with Gasteiger partial charge in [0, 0.05) is 0 Å². The molecule has 8 heavy (non-hydrogen) atoms. The van der Waals surface area contributed by atoms with Crippen molar-refractivity contribution in [2.24, 2.45) is 5.73 Å². The molecular weight excluding hydrogens is 120 g/mol. The maximum absolute atomic E-state index is 5.70. The van der Waals surface area contributed by atoms with Gasteiger partial charge in [-0.1, -0.05) is 0 Å². The molecular formula is C5H12N2S. The summed E-state index contributed by atoms with van der Waals surface area (Å²) < 4.78 is 0. The summed E-state index contributed by atoms with van der Waals surface area (Å²) in [5.74, 6) is 0. The first kappa shape index (κ1) is 6.39. The summed E-state index contributed by atoms with van der Waals surface area (Å²) in [7, 11) is 0. The molecule has 0 spiro atoms. The van der Waals surface area contributed by atoms with Crippen LogP contribution in [0.5, 0.6) is 0 Å². The Hall–Kier alpha value is 0.270. The van der Waals surface area contributed by atoms with Gasteiger partial charge in [-0.25, -0.2) is 0 Å². The molecule has 2 nitrogen and oxygen atoms in total. The van der Waals surface area contributed by atoms with E-state index in [1.54, 1.807) is 0 Å². The predicted molar refractivity (Wildman–Crippen MR) is 38.0 cm³/mol. The third-order valence-electron chi connectivity index (χ3n) is 1.47. The zero-order chi connectivity index (χ0) is 6.04. The highest BCUT2D eigenvalue weighted by molar-refractivity contribution is 7.81. The van der Waals surface area contributed by atoms with Crippen LogP contribution in [0.25, 0.3) is 0 Å². The maximum Gasteiger partial charge on any atom is 0.0615 e. The number of piperidine rings is 1. The van der Waals surface area contributed by atoms with Crippen molar-refractivity contribution in [2.45, 2.75) is 17.7 Å². The van der Waals surface area contributed by atoms with Gasteiger partial charge in [-0.3, -0.25) is 0 Å². The first-order valence-corrected chi connectivity index (χ1v) is 3.37. The Morgan fingerprint density at radius 1 is 1.38 bits per heavy atom. The Kier molecular flexibility index (Phi) is 1.80. The molecule has 1 saturated heterocycles. The molecule has 0 aromatic heterocycles. The largest absolute Gasteiger partial charge is 0.317 e. The Morgan fingerprint density at radius 3 is 2.12 bits per heavy atom. The van der Waals surface area contributed by atoms with Crippen LogP contribution in [0, 0.1) is 0 Å². The minimum Gasteiger partial charge on any atom is -0.317 e. The zero-order valence-electron chi connectivity index (χ0n) is 4.85. The summed E-state index contributed by atoms with van der Waals surface area (Å²) in [5, 5.41) is 3.21. The number of nitrogens with one attached hydrogen (secondary N) is 1. The third-order valence-corrected chi connectivity index (χ3v) is 1.92. The molecule has 0 amide bonds. The predicted octanol–water partition coefficient (Wildman–Crippen LogP) is -0.0454. The standard InChI is InChI=1S/C5H12N2S/c6-5(8)1-3-7-4-2-5/h7-8H,1-4,6H2. The summed E-state index contributed by atoms with van der Waals surface area (Å²) in [6.07, 6.45) is 1.96. The van der Waals surface area contributed by atoms with Crippen molar-refractivity contribution in [2.75, 3.05) is 13.1 Å². The SMILES string of the molecule is NC1(S)CCNCC1. The van der Waals surface area contributed by atoms with Gasteiger partial charge in [0.2, 0.25) is 0 Å². The van der Waals surface area contributed by atoms with E-state index in [-0.39, 0.29) is 4.87 Å². The molecule has 1 rings (SSSR count). The topological polar surface area (TPSA) is 38.0 Å². The van der Waals surface area contributed by atoms with E-state index in [4.69, 9.17) is 5.73 Å². The van der Waals surface area contributed by atoms with Gasteiger partial charge in [-0.05, 0) is 25.9 Å². The summed E-state index contributed by atoms with van der Waals surface area (Å²) in [4.78, 5) is -0.189. The molecule has 0 unspecified atom stereocenters. The van der Waals surface area contributed by atoms with E-state index in [2.05, 4.69) is 17.9 Å². The molecule has 0 atom stereocenters.